The maximum Gasteiger partial charge on any atom is 0.243 e. The number of methoxy groups -OCH3 is 1. The zero-order valence-electron chi connectivity index (χ0n) is 21.2. The van der Waals surface area contributed by atoms with E-state index < -0.39 is 6.04 Å². The zero-order chi connectivity index (χ0) is 25.2. The Balaban J connectivity index is 1.99. The van der Waals surface area contributed by atoms with Crippen LogP contribution in [0.1, 0.15) is 42.5 Å². The minimum Gasteiger partial charge on any atom is -0.497 e. The first kappa shape index (κ1) is 26.0. The topological polar surface area (TPSA) is 58.6 Å². The van der Waals surface area contributed by atoms with Gasteiger partial charge in [0, 0.05) is 19.0 Å². The summed E-state index contributed by atoms with van der Waals surface area (Å²) in [7, 11) is 1.62. The van der Waals surface area contributed by atoms with E-state index in [9.17, 15) is 9.59 Å². The van der Waals surface area contributed by atoms with Gasteiger partial charge in [0.05, 0.1) is 13.5 Å². The smallest absolute Gasteiger partial charge is 0.243 e. The van der Waals surface area contributed by atoms with Crippen LogP contribution in [0.15, 0.2) is 78.9 Å². The molecular formula is C30H36N2O3. The Labute approximate surface area is 209 Å². The van der Waals surface area contributed by atoms with Crippen LogP contribution in [0.2, 0.25) is 0 Å². The number of hydrogen-bond acceptors (Lipinski definition) is 3. The van der Waals surface area contributed by atoms with E-state index in [-0.39, 0.29) is 24.3 Å². The quantitative estimate of drug-likeness (QED) is 0.422. The molecule has 3 aromatic carbocycles. The maximum atomic E-state index is 13.8. The highest BCUT2D eigenvalue weighted by molar-refractivity contribution is 5.89. The van der Waals surface area contributed by atoms with Crippen molar-refractivity contribution in [3.8, 4) is 5.75 Å². The molecule has 2 amide bonds. The van der Waals surface area contributed by atoms with Gasteiger partial charge in [-0.3, -0.25) is 9.59 Å². The number of carbonyl (C=O) groups is 2. The molecular weight excluding hydrogens is 436 g/mol. The maximum absolute atomic E-state index is 13.8. The van der Waals surface area contributed by atoms with Crippen molar-refractivity contribution < 1.29 is 14.3 Å². The molecule has 0 fully saturated rings. The molecule has 0 saturated heterocycles. The third-order valence-electron chi connectivity index (χ3n) is 6.36. The summed E-state index contributed by atoms with van der Waals surface area (Å²) < 4.78 is 5.40. The van der Waals surface area contributed by atoms with Gasteiger partial charge in [0.15, 0.2) is 0 Å². The van der Waals surface area contributed by atoms with E-state index in [0.29, 0.717) is 13.0 Å². The molecule has 0 saturated carbocycles. The van der Waals surface area contributed by atoms with Crippen molar-refractivity contribution in [1.82, 2.24) is 10.2 Å². The van der Waals surface area contributed by atoms with Crippen LogP contribution in [0.25, 0.3) is 0 Å². The molecule has 0 bridgehead atoms. The number of hydrogen-bond donors (Lipinski definition) is 1. The van der Waals surface area contributed by atoms with E-state index in [1.54, 1.807) is 12.0 Å². The van der Waals surface area contributed by atoms with Crippen molar-refractivity contribution in [2.24, 2.45) is 0 Å². The predicted molar refractivity (Wildman–Crippen MR) is 140 cm³/mol. The minimum atomic E-state index is -0.644. The van der Waals surface area contributed by atoms with Crippen molar-refractivity contribution in [2.45, 2.75) is 58.7 Å². The number of rotatable bonds is 11. The third kappa shape index (κ3) is 7.44. The van der Waals surface area contributed by atoms with E-state index >= 15 is 0 Å². The molecule has 3 aromatic rings. The third-order valence-corrected chi connectivity index (χ3v) is 6.36. The van der Waals surface area contributed by atoms with Crippen molar-refractivity contribution in [3.63, 3.8) is 0 Å². The summed E-state index contributed by atoms with van der Waals surface area (Å²) in [5, 5.41) is 3.11. The highest BCUT2D eigenvalue weighted by Crippen LogP contribution is 2.20. The Morgan fingerprint density at radius 2 is 1.63 bits per heavy atom. The summed E-state index contributed by atoms with van der Waals surface area (Å²) in [5.41, 5.74) is 3.95. The largest absolute Gasteiger partial charge is 0.497 e. The molecule has 2 atom stereocenters. The molecule has 184 valence electrons. The zero-order valence-corrected chi connectivity index (χ0v) is 21.2. The Hall–Kier alpha value is -3.60. The van der Waals surface area contributed by atoms with Crippen molar-refractivity contribution in [3.05, 3.63) is 101 Å². The molecule has 5 nitrogen and oxygen atoms in total. The Kier molecular flexibility index (Phi) is 9.47. The number of amides is 2. The van der Waals surface area contributed by atoms with Crippen LogP contribution in [-0.4, -0.2) is 35.9 Å². The molecule has 0 heterocycles. The lowest BCUT2D eigenvalue weighted by atomic mass is 10.00. The van der Waals surface area contributed by atoms with Crippen molar-refractivity contribution in [2.75, 3.05) is 7.11 Å². The molecule has 0 spiro atoms. The fourth-order valence-corrected chi connectivity index (χ4v) is 4.04. The van der Waals surface area contributed by atoms with Crippen molar-refractivity contribution in [1.29, 1.82) is 0 Å². The second kappa shape index (κ2) is 12.7. The number of aryl methyl sites for hydroxylation is 1. The van der Waals surface area contributed by atoms with Crippen LogP contribution in [-0.2, 0) is 29.0 Å². The molecule has 0 unspecified atom stereocenters. The van der Waals surface area contributed by atoms with Gasteiger partial charge in [-0.2, -0.15) is 0 Å². The molecule has 3 rings (SSSR count). The number of ether oxygens (including phenoxy) is 1. The van der Waals surface area contributed by atoms with Gasteiger partial charge in [-0.15, -0.1) is 0 Å². The predicted octanol–water partition coefficient (Wildman–Crippen LogP) is 5.10. The number of benzene rings is 3. The lowest BCUT2D eigenvalue weighted by Gasteiger charge is -2.32. The highest BCUT2D eigenvalue weighted by atomic mass is 16.5. The summed E-state index contributed by atoms with van der Waals surface area (Å²) in [4.78, 5) is 29.1. The van der Waals surface area contributed by atoms with E-state index in [1.807, 2.05) is 99.6 Å². The molecule has 1 N–H and O–H groups in total. The molecule has 35 heavy (non-hydrogen) atoms. The van der Waals surface area contributed by atoms with E-state index in [1.165, 1.54) is 0 Å². The van der Waals surface area contributed by atoms with Gasteiger partial charge < -0.3 is 15.0 Å². The number of carbonyl (C=O) groups excluding carboxylic acids is 2. The molecule has 5 heteroatoms. The first-order valence-corrected chi connectivity index (χ1v) is 12.2. The fraction of sp³-hybridized carbons (Fsp3) is 0.333. The monoisotopic (exact) mass is 472 g/mol. The summed E-state index contributed by atoms with van der Waals surface area (Å²) in [5.74, 6) is 0.504. The highest BCUT2D eigenvalue weighted by Gasteiger charge is 2.31. The normalized spacial score (nSPS) is 12.5. The average Bonchev–Trinajstić information content (AvgIpc) is 2.88. The summed E-state index contributed by atoms with van der Waals surface area (Å²) in [6.45, 7) is 6.34. The van der Waals surface area contributed by atoms with Gasteiger partial charge >= 0.3 is 0 Å². The van der Waals surface area contributed by atoms with Crippen LogP contribution in [0, 0.1) is 6.92 Å². The van der Waals surface area contributed by atoms with E-state index in [4.69, 9.17) is 4.74 Å². The lowest BCUT2D eigenvalue weighted by molar-refractivity contribution is -0.141. The summed E-state index contributed by atoms with van der Waals surface area (Å²) >= 11 is 0. The molecule has 0 aromatic heterocycles. The van der Waals surface area contributed by atoms with E-state index in [2.05, 4.69) is 5.32 Å². The Morgan fingerprint density at radius 3 is 2.31 bits per heavy atom. The van der Waals surface area contributed by atoms with Crippen LogP contribution in [0.3, 0.4) is 0 Å². The summed E-state index contributed by atoms with van der Waals surface area (Å²) in [6, 6.07) is 24.8. The van der Waals surface area contributed by atoms with Gasteiger partial charge in [0.1, 0.15) is 11.8 Å². The Morgan fingerprint density at radius 1 is 0.943 bits per heavy atom. The first-order chi connectivity index (χ1) is 16.9. The van der Waals surface area contributed by atoms with Crippen LogP contribution in [0.5, 0.6) is 5.75 Å². The Bertz CT molecular complexity index is 1110. The molecule has 0 radical (unpaired) electrons. The van der Waals surface area contributed by atoms with Gasteiger partial charge in [0.25, 0.3) is 0 Å². The van der Waals surface area contributed by atoms with Gasteiger partial charge in [-0.05, 0) is 54.7 Å². The standard InChI is InChI=1S/C30H36N2O3/c1-5-23(3)31-30(34)28(19-24-13-7-6-8-14-24)32(21-25-15-11-17-27(18-25)35-4)29(33)20-26-16-10-9-12-22(26)2/h6-18,23,28H,5,19-21H2,1-4H3,(H,31,34)/t23-,28-/m0/s1. The lowest BCUT2D eigenvalue weighted by Crippen LogP contribution is -2.52. The SMILES string of the molecule is CC[C@H](C)NC(=O)[C@H](Cc1ccccc1)N(Cc1cccc(OC)c1)C(=O)Cc1ccccc1C. The van der Waals surface area contributed by atoms with Gasteiger partial charge in [-0.1, -0.05) is 73.7 Å². The number of nitrogens with zero attached hydrogens (tertiary/aromatic N) is 1. The first-order valence-electron chi connectivity index (χ1n) is 12.2. The van der Waals surface area contributed by atoms with Crippen LogP contribution >= 0.6 is 0 Å². The fourth-order valence-electron chi connectivity index (χ4n) is 4.04. The van der Waals surface area contributed by atoms with Gasteiger partial charge in [0.2, 0.25) is 11.8 Å². The molecule has 0 aliphatic carbocycles. The van der Waals surface area contributed by atoms with E-state index in [0.717, 1.165) is 34.4 Å². The minimum absolute atomic E-state index is 0.0194. The average molecular weight is 473 g/mol. The molecule has 0 aliphatic heterocycles. The van der Waals surface area contributed by atoms with Crippen molar-refractivity contribution >= 4 is 11.8 Å². The van der Waals surface area contributed by atoms with Crippen LogP contribution in [0.4, 0.5) is 0 Å². The number of nitrogens with one attached hydrogen (secondary N) is 1. The second-order valence-electron chi connectivity index (χ2n) is 9.00. The second-order valence-corrected chi connectivity index (χ2v) is 9.00. The summed E-state index contributed by atoms with van der Waals surface area (Å²) in [6.07, 6.45) is 1.49. The molecule has 0 aliphatic rings. The van der Waals surface area contributed by atoms with Crippen LogP contribution < -0.4 is 10.1 Å². The van der Waals surface area contributed by atoms with Gasteiger partial charge in [-0.25, -0.2) is 0 Å².